The van der Waals surface area contributed by atoms with E-state index >= 15 is 0 Å². The van der Waals surface area contributed by atoms with Gasteiger partial charge in [0.1, 0.15) is 0 Å². The van der Waals surface area contributed by atoms with Gasteiger partial charge in [0.2, 0.25) is 0 Å². The maximum absolute atomic E-state index is 10.8. The summed E-state index contributed by atoms with van der Waals surface area (Å²) in [7, 11) is 2.41. The van der Waals surface area contributed by atoms with Gasteiger partial charge in [-0.15, -0.1) is 9.24 Å². The number of rotatable bonds is 1. The van der Waals surface area contributed by atoms with Crippen molar-refractivity contribution in [2.45, 2.75) is 0 Å². The number of anilines is 1. The smallest absolute Gasteiger partial charge is 0.251 e. The first kappa shape index (κ1) is 8.02. The fraction of sp³-hybridized carbons (Fsp3) is 0. The predicted molar refractivity (Wildman–Crippen MR) is 48.7 cm³/mol. The Balaban J connectivity index is 3.32. The van der Waals surface area contributed by atoms with Crippen LogP contribution in [0.5, 0.6) is 0 Å². The van der Waals surface area contributed by atoms with Crippen molar-refractivity contribution in [2.75, 3.05) is 5.73 Å². The van der Waals surface area contributed by atoms with Crippen molar-refractivity contribution in [3.8, 4) is 0 Å². The Hall–Kier alpha value is -1.08. The molecular formula is C7H9N2OP. The average Bonchev–Trinajstić information content (AvgIpc) is 1.85. The second kappa shape index (κ2) is 2.89. The normalized spacial score (nSPS) is 9.55. The summed E-state index contributed by atoms with van der Waals surface area (Å²) in [5.41, 5.74) is 11.4. The summed E-state index contributed by atoms with van der Waals surface area (Å²) in [6.07, 6.45) is 0. The average molecular weight is 168 g/mol. The molecule has 0 aliphatic heterocycles. The molecule has 1 unspecified atom stereocenters. The molecule has 1 aromatic rings. The second-order valence-electron chi connectivity index (χ2n) is 2.18. The number of carbonyl (C=O) groups excluding carboxylic acids is 1. The first-order chi connectivity index (χ1) is 5.13. The van der Waals surface area contributed by atoms with Crippen molar-refractivity contribution in [1.29, 1.82) is 0 Å². The van der Waals surface area contributed by atoms with Crippen molar-refractivity contribution in [3.05, 3.63) is 23.8 Å². The van der Waals surface area contributed by atoms with Gasteiger partial charge in [-0.25, -0.2) is 0 Å². The molecule has 1 amide bonds. The molecule has 3 nitrogen and oxygen atoms in total. The monoisotopic (exact) mass is 168 g/mol. The third kappa shape index (κ3) is 1.49. The van der Waals surface area contributed by atoms with Crippen molar-refractivity contribution in [2.24, 2.45) is 5.73 Å². The molecule has 1 rings (SSSR count). The quantitative estimate of drug-likeness (QED) is 0.453. The molecule has 0 saturated carbocycles. The highest BCUT2D eigenvalue weighted by Crippen LogP contribution is 2.09. The summed E-state index contributed by atoms with van der Waals surface area (Å²) in [6, 6.07) is 5.18. The molecule has 0 spiro atoms. The largest absolute Gasteiger partial charge is 0.398 e. The lowest BCUT2D eigenvalue weighted by Gasteiger charge is -2.03. The van der Waals surface area contributed by atoms with E-state index in [4.69, 9.17) is 11.5 Å². The van der Waals surface area contributed by atoms with Crippen LogP contribution in [0.15, 0.2) is 18.2 Å². The zero-order valence-corrected chi connectivity index (χ0v) is 7.03. The van der Waals surface area contributed by atoms with E-state index in [1.807, 2.05) is 0 Å². The Morgan fingerprint density at radius 2 is 2.09 bits per heavy atom. The van der Waals surface area contributed by atoms with Crippen molar-refractivity contribution >= 4 is 26.1 Å². The minimum absolute atomic E-state index is 0.387. The number of amides is 1. The number of nitrogens with two attached hydrogens (primary N) is 2. The Morgan fingerprint density at radius 1 is 1.45 bits per heavy atom. The molecule has 11 heavy (non-hydrogen) atoms. The molecular weight excluding hydrogens is 159 g/mol. The molecule has 0 aliphatic carbocycles. The van der Waals surface area contributed by atoms with Crippen molar-refractivity contribution < 1.29 is 4.79 Å². The lowest BCUT2D eigenvalue weighted by atomic mass is 10.2. The van der Waals surface area contributed by atoms with E-state index in [0.29, 0.717) is 11.3 Å². The SMILES string of the molecule is NC(=O)c1c(N)cccc1P. The lowest BCUT2D eigenvalue weighted by Crippen LogP contribution is -2.20. The highest BCUT2D eigenvalue weighted by molar-refractivity contribution is 7.27. The van der Waals surface area contributed by atoms with Gasteiger partial charge in [-0.2, -0.15) is 0 Å². The van der Waals surface area contributed by atoms with E-state index in [9.17, 15) is 4.79 Å². The van der Waals surface area contributed by atoms with E-state index in [-0.39, 0.29) is 0 Å². The fourth-order valence-corrected chi connectivity index (χ4v) is 1.29. The van der Waals surface area contributed by atoms with Crippen LogP contribution in [-0.2, 0) is 0 Å². The van der Waals surface area contributed by atoms with E-state index in [2.05, 4.69) is 9.24 Å². The Bertz CT molecular complexity index is 278. The molecule has 0 bridgehead atoms. The third-order valence-electron chi connectivity index (χ3n) is 1.38. The highest BCUT2D eigenvalue weighted by Gasteiger charge is 2.07. The summed E-state index contributed by atoms with van der Waals surface area (Å²) in [4.78, 5) is 10.8. The molecule has 4 heteroatoms. The van der Waals surface area contributed by atoms with Crippen LogP contribution in [0, 0.1) is 0 Å². The number of carbonyl (C=O) groups is 1. The van der Waals surface area contributed by atoms with Crippen LogP contribution in [0.1, 0.15) is 10.4 Å². The molecule has 0 aliphatic rings. The van der Waals surface area contributed by atoms with E-state index < -0.39 is 5.91 Å². The van der Waals surface area contributed by atoms with Crippen LogP contribution in [0.25, 0.3) is 0 Å². The van der Waals surface area contributed by atoms with Crippen LogP contribution >= 0.6 is 9.24 Å². The minimum Gasteiger partial charge on any atom is -0.398 e. The summed E-state index contributed by atoms with van der Waals surface area (Å²) in [6.45, 7) is 0. The molecule has 0 aromatic heterocycles. The highest BCUT2D eigenvalue weighted by atomic mass is 31.0. The lowest BCUT2D eigenvalue weighted by molar-refractivity contribution is 0.100. The first-order valence-electron chi connectivity index (χ1n) is 3.06. The number of hydrogen-bond donors (Lipinski definition) is 2. The predicted octanol–water partition coefficient (Wildman–Crippen LogP) is -0.132. The van der Waals surface area contributed by atoms with Gasteiger partial charge in [0.05, 0.1) is 5.56 Å². The first-order valence-corrected chi connectivity index (χ1v) is 3.64. The van der Waals surface area contributed by atoms with Crippen LogP contribution in [0.2, 0.25) is 0 Å². The second-order valence-corrected chi connectivity index (χ2v) is 2.80. The molecule has 0 radical (unpaired) electrons. The molecule has 4 N–H and O–H groups in total. The number of primary amides is 1. The Labute approximate surface area is 67.0 Å². The van der Waals surface area contributed by atoms with Crippen molar-refractivity contribution in [3.63, 3.8) is 0 Å². The zero-order chi connectivity index (χ0) is 8.43. The van der Waals surface area contributed by atoms with Gasteiger partial charge in [0.25, 0.3) is 5.91 Å². The molecule has 1 aromatic carbocycles. The topological polar surface area (TPSA) is 69.1 Å². The van der Waals surface area contributed by atoms with Crippen LogP contribution in [0.3, 0.4) is 0 Å². The summed E-state index contributed by atoms with van der Waals surface area (Å²) in [5, 5.41) is 0.734. The van der Waals surface area contributed by atoms with Gasteiger partial charge in [-0.3, -0.25) is 4.79 Å². The summed E-state index contributed by atoms with van der Waals surface area (Å²) in [5.74, 6) is -0.492. The maximum atomic E-state index is 10.8. The molecule has 0 fully saturated rings. The minimum atomic E-state index is -0.492. The van der Waals surface area contributed by atoms with E-state index in [0.717, 1.165) is 5.30 Å². The summed E-state index contributed by atoms with van der Waals surface area (Å²) >= 11 is 0. The molecule has 58 valence electrons. The standard InChI is InChI=1S/C7H9N2OP/c8-4-2-1-3-5(11)6(4)7(9)10/h1-3H,8,11H2,(H2,9,10). The van der Waals surface area contributed by atoms with Crippen LogP contribution in [0.4, 0.5) is 5.69 Å². The van der Waals surface area contributed by atoms with Gasteiger partial charge in [-0.1, -0.05) is 12.1 Å². The van der Waals surface area contributed by atoms with E-state index in [1.54, 1.807) is 18.2 Å². The van der Waals surface area contributed by atoms with Crippen LogP contribution < -0.4 is 16.8 Å². The van der Waals surface area contributed by atoms with Gasteiger partial charge in [0, 0.05) is 5.69 Å². The number of hydrogen-bond acceptors (Lipinski definition) is 2. The zero-order valence-electron chi connectivity index (χ0n) is 5.87. The Kier molecular flexibility index (Phi) is 2.11. The molecule has 0 heterocycles. The molecule has 1 atom stereocenters. The molecule has 0 saturated heterocycles. The number of benzene rings is 1. The summed E-state index contributed by atoms with van der Waals surface area (Å²) < 4.78 is 0. The van der Waals surface area contributed by atoms with Gasteiger partial charge >= 0.3 is 0 Å². The third-order valence-corrected chi connectivity index (χ3v) is 1.86. The van der Waals surface area contributed by atoms with Crippen LogP contribution in [-0.4, -0.2) is 5.91 Å². The van der Waals surface area contributed by atoms with Gasteiger partial charge in [0.15, 0.2) is 0 Å². The van der Waals surface area contributed by atoms with Gasteiger partial charge in [-0.05, 0) is 11.4 Å². The van der Waals surface area contributed by atoms with Crippen molar-refractivity contribution in [1.82, 2.24) is 0 Å². The van der Waals surface area contributed by atoms with E-state index in [1.165, 1.54) is 0 Å². The fourth-order valence-electron chi connectivity index (χ4n) is 0.873. The number of nitrogen functional groups attached to an aromatic ring is 1. The van der Waals surface area contributed by atoms with Gasteiger partial charge < -0.3 is 11.5 Å². The maximum Gasteiger partial charge on any atom is 0.251 e. The Morgan fingerprint density at radius 3 is 2.45 bits per heavy atom.